The summed E-state index contributed by atoms with van der Waals surface area (Å²) in [6.45, 7) is 0.196. The second-order valence-electron chi connectivity index (χ2n) is 4.90. The van der Waals surface area contributed by atoms with Crippen LogP contribution in [0, 0.1) is 5.92 Å². The number of carbonyl (C=O) groups excluding carboxylic acids is 2. The summed E-state index contributed by atoms with van der Waals surface area (Å²) in [5.41, 5.74) is 5.89. The van der Waals surface area contributed by atoms with Crippen LogP contribution in [0.4, 0.5) is 4.79 Å². The Balaban J connectivity index is 2.42. The van der Waals surface area contributed by atoms with E-state index in [4.69, 9.17) is 17.3 Å². The van der Waals surface area contributed by atoms with Crippen LogP contribution in [-0.2, 0) is 15.8 Å². The average molecular weight is 352 g/mol. The summed E-state index contributed by atoms with van der Waals surface area (Å²) in [7, 11) is -1.60. The van der Waals surface area contributed by atoms with E-state index in [1.54, 1.807) is 11.8 Å². The first-order valence-electron chi connectivity index (χ1n) is 6.61. The number of hydrogen-bond donors (Lipinski definition) is 2. The molecule has 0 saturated heterocycles. The van der Waals surface area contributed by atoms with E-state index in [-0.39, 0.29) is 17.7 Å². The highest BCUT2D eigenvalue weighted by atomic mass is 35.5. The molecule has 2 aliphatic rings. The van der Waals surface area contributed by atoms with Crippen molar-refractivity contribution in [1.29, 1.82) is 0 Å². The van der Waals surface area contributed by atoms with Gasteiger partial charge in [-0.2, -0.15) is 11.8 Å². The maximum absolute atomic E-state index is 12.6. The van der Waals surface area contributed by atoms with Crippen LogP contribution in [0.3, 0.4) is 0 Å². The van der Waals surface area contributed by atoms with Crippen LogP contribution < -0.4 is 11.1 Å². The van der Waals surface area contributed by atoms with Gasteiger partial charge in [0, 0.05) is 16.8 Å². The maximum atomic E-state index is 12.6. The molecule has 0 bridgehead atoms. The highest BCUT2D eigenvalue weighted by molar-refractivity contribution is 7.99. The molecule has 6 nitrogen and oxygen atoms in total. The Morgan fingerprint density at radius 3 is 2.86 bits per heavy atom. The minimum absolute atomic E-state index is 0.196. The van der Waals surface area contributed by atoms with Crippen LogP contribution in [0.5, 0.6) is 0 Å². The van der Waals surface area contributed by atoms with Crippen LogP contribution in [0.1, 0.15) is 19.3 Å². The predicted octanol–water partition coefficient (Wildman–Crippen LogP) is 1.14. The topological polar surface area (TPSA) is 92.5 Å². The molecule has 1 heterocycles. The Hall–Kier alpha value is -0.730. The fourth-order valence-corrected chi connectivity index (χ4v) is 5.09. The van der Waals surface area contributed by atoms with Gasteiger partial charge in [0.15, 0.2) is 11.0 Å². The van der Waals surface area contributed by atoms with E-state index in [9.17, 15) is 13.8 Å². The summed E-state index contributed by atoms with van der Waals surface area (Å²) < 4.78 is 13.8. The van der Waals surface area contributed by atoms with E-state index < -0.39 is 28.8 Å². The van der Waals surface area contributed by atoms with E-state index in [0.717, 1.165) is 6.42 Å². The SMILES string of the molecule is CSC1CCC(C(N)=O)C2=C(C1)S(=O)N(CCCl)C(=O)N2. The van der Waals surface area contributed by atoms with Gasteiger partial charge in [0.1, 0.15) is 0 Å². The number of halogens is 1. The van der Waals surface area contributed by atoms with E-state index in [2.05, 4.69) is 5.32 Å². The summed E-state index contributed by atoms with van der Waals surface area (Å²) in [4.78, 5) is 24.3. The quantitative estimate of drug-likeness (QED) is 0.743. The van der Waals surface area contributed by atoms with Crippen LogP contribution in [0.15, 0.2) is 10.6 Å². The summed E-state index contributed by atoms with van der Waals surface area (Å²) in [5.74, 6) is -0.872. The van der Waals surface area contributed by atoms with E-state index in [1.165, 1.54) is 4.31 Å². The molecule has 3 atom stereocenters. The molecule has 1 aliphatic carbocycles. The molecule has 0 radical (unpaired) electrons. The Labute approximate surface area is 135 Å². The molecule has 2 rings (SSSR count). The molecular weight excluding hydrogens is 334 g/mol. The van der Waals surface area contributed by atoms with Crippen molar-refractivity contribution in [3.63, 3.8) is 0 Å². The van der Waals surface area contributed by atoms with Gasteiger partial charge < -0.3 is 11.1 Å². The third kappa shape index (κ3) is 3.37. The normalized spacial score (nSPS) is 29.7. The van der Waals surface area contributed by atoms with Crippen molar-refractivity contribution in [3.05, 3.63) is 10.6 Å². The first-order chi connectivity index (χ1) is 9.99. The van der Waals surface area contributed by atoms with Gasteiger partial charge in [-0.05, 0) is 25.5 Å². The molecule has 1 aliphatic heterocycles. The molecule has 3 unspecified atom stereocenters. The van der Waals surface area contributed by atoms with Crippen molar-refractivity contribution in [2.75, 3.05) is 18.7 Å². The number of rotatable bonds is 4. The van der Waals surface area contributed by atoms with Gasteiger partial charge in [-0.25, -0.2) is 13.3 Å². The van der Waals surface area contributed by atoms with Gasteiger partial charge in [0.05, 0.1) is 17.4 Å². The van der Waals surface area contributed by atoms with Gasteiger partial charge in [0.2, 0.25) is 5.91 Å². The maximum Gasteiger partial charge on any atom is 0.333 e. The van der Waals surface area contributed by atoms with Gasteiger partial charge in [-0.3, -0.25) is 4.79 Å². The van der Waals surface area contributed by atoms with Crippen molar-refractivity contribution >= 4 is 46.3 Å². The van der Waals surface area contributed by atoms with Crippen molar-refractivity contribution < 1.29 is 13.8 Å². The Morgan fingerprint density at radius 1 is 1.57 bits per heavy atom. The van der Waals surface area contributed by atoms with Crippen molar-refractivity contribution in [2.45, 2.75) is 24.5 Å². The Morgan fingerprint density at radius 2 is 2.29 bits per heavy atom. The lowest BCUT2D eigenvalue weighted by atomic mass is 10.00. The van der Waals surface area contributed by atoms with Crippen molar-refractivity contribution in [3.8, 4) is 0 Å². The van der Waals surface area contributed by atoms with Crippen LogP contribution in [0.2, 0.25) is 0 Å². The zero-order valence-corrected chi connectivity index (χ0v) is 14.0. The van der Waals surface area contributed by atoms with Gasteiger partial charge in [0.25, 0.3) is 0 Å². The zero-order chi connectivity index (χ0) is 15.6. The number of nitrogens with two attached hydrogens (primary N) is 1. The average Bonchev–Trinajstić information content (AvgIpc) is 2.63. The monoisotopic (exact) mass is 351 g/mol. The van der Waals surface area contributed by atoms with E-state index >= 15 is 0 Å². The summed E-state index contributed by atoms with van der Waals surface area (Å²) >= 11 is 7.33. The summed E-state index contributed by atoms with van der Waals surface area (Å²) in [6, 6.07) is -0.485. The third-order valence-electron chi connectivity index (χ3n) is 3.68. The van der Waals surface area contributed by atoms with Crippen LogP contribution >= 0.6 is 23.4 Å². The standard InChI is InChI=1S/C12H18ClN3O3S2/c1-20-7-2-3-8(11(14)17)10-9(6-7)21(19)16(5-4-13)12(18)15-10/h7-8H,2-6H2,1H3,(H2,14,17)(H,15,18). The molecule has 3 amide bonds. The van der Waals surface area contributed by atoms with Crippen molar-refractivity contribution in [1.82, 2.24) is 9.62 Å². The molecule has 0 aromatic carbocycles. The smallest absolute Gasteiger partial charge is 0.333 e. The molecular formula is C12H18ClN3O3S2. The number of hydrogen-bond acceptors (Lipinski definition) is 4. The van der Waals surface area contributed by atoms with Crippen LogP contribution in [-0.4, -0.2) is 44.4 Å². The molecule has 3 N–H and O–H groups in total. The second kappa shape index (κ2) is 7.02. The number of amides is 3. The Kier molecular flexibility index (Phi) is 5.56. The highest BCUT2D eigenvalue weighted by Crippen LogP contribution is 2.36. The number of nitrogens with one attached hydrogen (secondary N) is 1. The second-order valence-corrected chi connectivity index (χ2v) is 7.85. The highest BCUT2D eigenvalue weighted by Gasteiger charge is 2.39. The number of nitrogens with zero attached hydrogens (tertiary/aromatic N) is 1. The fourth-order valence-electron chi connectivity index (χ4n) is 2.56. The zero-order valence-electron chi connectivity index (χ0n) is 11.6. The van der Waals surface area contributed by atoms with Gasteiger partial charge in [-0.1, -0.05) is 0 Å². The molecule has 9 heteroatoms. The first-order valence-corrected chi connectivity index (χ1v) is 9.54. The summed E-state index contributed by atoms with van der Waals surface area (Å²) in [6.07, 6.45) is 3.92. The molecule has 118 valence electrons. The largest absolute Gasteiger partial charge is 0.369 e. The van der Waals surface area contributed by atoms with Crippen molar-refractivity contribution in [2.24, 2.45) is 11.7 Å². The van der Waals surface area contributed by atoms with Gasteiger partial charge in [-0.15, -0.1) is 11.6 Å². The lowest BCUT2D eigenvalue weighted by Gasteiger charge is -2.31. The summed E-state index contributed by atoms with van der Waals surface area (Å²) in [5, 5.41) is 2.96. The third-order valence-corrected chi connectivity index (χ3v) is 6.48. The van der Waals surface area contributed by atoms with Gasteiger partial charge >= 0.3 is 6.03 Å². The minimum atomic E-state index is -1.60. The first kappa shape index (κ1) is 16.6. The van der Waals surface area contributed by atoms with Crippen LogP contribution in [0.25, 0.3) is 0 Å². The number of urea groups is 1. The van der Waals surface area contributed by atoms with E-state index in [0.29, 0.717) is 23.4 Å². The molecule has 0 aromatic rings. The fraction of sp³-hybridized carbons (Fsp3) is 0.667. The Bertz CT molecular complexity index is 512. The molecule has 0 fully saturated rings. The molecule has 0 saturated carbocycles. The number of carbonyl (C=O) groups is 2. The number of alkyl halides is 1. The molecule has 21 heavy (non-hydrogen) atoms. The molecule has 0 aromatic heterocycles. The number of allylic oxidation sites excluding steroid dienone is 1. The number of thioether (sulfide) groups is 1. The van der Waals surface area contributed by atoms with E-state index in [1.807, 2.05) is 6.26 Å². The minimum Gasteiger partial charge on any atom is -0.369 e. The molecule has 0 spiro atoms. The predicted molar refractivity (Wildman–Crippen MR) is 85.0 cm³/mol. The lowest BCUT2D eigenvalue weighted by molar-refractivity contribution is -0.120. The number of primary amides is 1. The lowest BCUT2D eigenvalue weighted by Crippen LogP contribution is -2.49.